The maximum absolute atomic E-state index is 14.1. The summed E-state index contributed by atoms with van der Waals surface area (Å²) in [6.45, 7) is 14.9. The number of rotatable bonds is 11. The van der Waals surface area contributed by atoms with Crippen molar-refractivity contribution < 1.29 is 19.8 Å². The molecule has 0 radical (unpaired) electrons. The van der Waals surface area contributed by atoms with Gasteiger partial charge < -0.3 is 45.0 Å². The first kappa shape index (κ1) is 44.9. The molecule has 3 aromatic heterocycles. The van der Waals surface area contributed by atoms with Crippen LogP contribution in [0.5, 0.6) is 0 Å². The summed E-state index contributed by atoms with van der Waals surface area (Å²) in [6, 6.07) is 9.79. The molecule has 0 bridgehead atoms. The molecule has 346 valence electrons. The summed E-state index contributed by atoms with van der Waals surface area (Å²) in [5.74, 6) is 0.405. The maximum Gasteiger partial charge on any atom is 0.293 e. The van der Waals surface area contributed by atoms with Gasteiger partial charge >= 0.3 is 0 Å². The van der Waals surface area contributed by atoms with Crippen LogP contribution in [0.25, 0.3) is 0 Å². The highest BCUT2D eigenvalue weighted by atomic mass is 32.1. The fraction of sp³-hybridized carbons (Fsp3) is 0.531. The lowest BCUT2D eigenvalue weighted by Crippen LogP contribution is -2.60. The van der Waals surface area contributed by atoms with Crippen molar-refractivity contribution in [3.8, 4) is 0 Å². The number of aliphatic hydroxyl groups excluding tert-OH is 1. The van der Waals surface area contributed by atoms with Gasteiger partial charge in [-0.05, 0) is 126 Å². The van der Waals surface area contributed by atoms with Gasteiger partial charge in [0.25, 0.3) is 11.5 Å². The molecule has 5 aliphatic rings. The second-order valence-corrected chi connectivity index (χ2v) is 20.2. The monoisotopic (exact) mass is 904 g/mol. The summed E-state index contributed by atoms with van der Waals surface area (Å²) in [6.07, 6.45) is 13.7. The van der Waals surface area contributed by atoms with Crippen LogP contribution < -0.4 is 30.9 Å². The number of hydrogen-bond acceptors (Lipinski definition) is 13. The topological polar surface area (TPSA) is 163 Å². The van der Waals surface area contributed by atoms with Crippen LogP contribution in [-0.2, 0) is 36.7 Å². The summed E-state index contributed by atoms with van der Waals surface area (Å²) in [5, 5.41) is 27.8. The number of pyridine rings is 1. The molecule has 7 heterocycles. The molecule has 9 rings (SSSR count). The third-order valence-corrected chi connectivity index (χ3v) is 15.7. The van der Waals surface area contributed by atoms with E-state index in [2.05, 4.69) is 48.7 Å². The van der Waals surface area contributed by atoms with Crippen LogP contribution in [0, 0.1) is 0 Å². The molecule has 4 N–H and O–H groups in total. The molecule has 3 saturated heterocycles. The lowest BCUT2D eigenvalue weighted by molar-refractivity contribution is -0.111. The number of nitrogens with one attached hydrogen (secondary N) is 2. The quantitative estimate of drug-likeness (QED) is 0.142. The van der Waals surface area contributed by atoms with Gasteiger partial charge in [0, 0.05) is 93.6 Å². The molecule has 2 unspecified atom stereocenters. The van der Waals surface area contributed by atoms with Gasteiger partial charge in [-0.3, -0.25) is 24.3 Å². The van der Waals surface area contributed by atoms with Crippen molar-refractivity contribution >= 4 is 57.5 Å². The van der Waals surface area contributed by atoms with Crippen molar-refractivity contribution in [1.82, 2.24) is 24.3 Å². The predicted molar refractivity (Wildman–Crippen MR) is 258 cm³/mol. The molecule has 0 spiro atoms. The molecule has 15 nitrogen and oxygen atoms in total. The first-order chi connectivity index (χ1) is 31.3. The Balaban J connectivity index is 0.892. The fourth-order valence-corrected chi connectivity index (χ4v) is 12.4. The zero-order valence-electron chi connectivity index (χ0n) is 38.3. The highest BCUT2D eigenvalue weighted by Gasteiger charge is 2.42. The molecule has 65 heavy (non-hydrogen) atoms. The lowest BCUT2D eigenvalue weighted by atomic mass is 9.89. The molecule has 3 atom stereocenters. The number of aliphatic hydroxyl groups is 2. The van der Waals surface area contributed by atoms with Crippen molar-refractivity contribution in [3.05, 3.63) is 92.3 Å². The highest BCUT2D eigenvalue weighted by Crippen LogP contribution is 2.40. The Bertz CT molecular complexity index is 2490. The summed E-state index contributed by atoms with van der Waals surface area (Å²) < 4.78 is 1.50. The molecule has 4 aromatic rings. The number of hydrogen-bond donors (Lipinski definition) is 4. The van der Waals surface area contributed by atoms with E-state index in [1.165, 1.54) is 39.5 Å². The molecule has 3 fully saturated rings. The van der Waals surface area contributed by atoms with E-state index in [1.54, 1.807) is 44.6 Å². The van der Waals surface area contributed by atoms with Crippen LogP contribution in [0.3, 0.4) is 0 Å². The Kier molecular flexibility index (Phi) is 12.8. The van der Waals surface area contributed by atoms with Gasteiger partial charge in [-0.1, -0.05) is 6.58 Å². The number of carbonyl (C=O) groups is 2. The van der Waals surface area contributed by atoms with Crippen LogP contribution in [0.4, 0.5) is 34.4 Å². The van der Waals surface area contributed by atoms with Crippen LogP contribution in [0.1, 0.15) is 90.7 Å². The number of fused-ring (bicyclic) bond motifs is 3. The minimum Gasteiger partial charge on any atom is -0.394 e. The number of anilines is 6. The van der Waals surface area contributed by atoms with Crippen LogP contribution in [0.2, 0.25) is 0 Å². The van der Waals surface area contributed by atoms with Crippen molar-refractivity contribution in [2.75, 3.05) is 77.8 Å². The first-order valence-corrected chi connectivity index (χ1v) is 24.3. The van der Waals surface area contributed by atoms with Crippen molar-refractivity contribution in [2.45, 2.75) is 108 Å². The van der Waals surface area contributed by atoms with Gasteiger partial charge in [0.15, 0.2) is 5.82 Å². The molecule has 2 amide bonds. The number of aryl methyl sites for hydroxylation is 2. The second-order valence-electron chi connectivity index (χ2n) is 19.0. The summed E-state index contributed by atoms with van der Waals surface area (Å²) >= 11 is 1.68. The van der Waals surface area contributed by atoms with Gasteiger partial charge in [-0.2, -0.15) is 0 Å². The number of thiophene rings is 1. The Morgan fingerprint density at radius 3 is 2.51 bits per heavy atom. The summed E-state index contributed by atoms with van der Waals surface area (Å²) in [7, 11) is 1.70. The molecule has 0 saturated carbocycles. The average molecular weight is 905 g/mol. The average Bonchev–Trinajstić information content (AvgIpc) is 3.70. The van der Waals surface area contributed by atoms with Gasteiger partial charge in [0.1, 0.15) is 11.4 Å². The second kappa shape index (κ2) is 18.5. The zero-order valence-corrected chi connectivity index (χ0v) is 39.1. The minimum atomic E-state index is -0.992. The summed E-state index contributed by atoms with van der Waals surface area (Å²) in [5.41, 5.74) is 5.19. The third-order valence-electron chi connectivity index (χ3n) is 14.4. The van der Waals surface area contributed by atoms with Gasteiger partial charge in [-0.25, -0.2) is 4.98 Å². The third kappa shape index (κ3) is 9.02. The van der Waals surface area contributed by atoms with E-state index in [0.717, 1.165) is 93.9 Å². The van der Waals surface area contributed by atoms with E-state index in [1.807, 2.05) is 35.2 Å². The number of amides is 2. The Hall–Kier alpha value is -5.29. The normalized spacial score (nSPS) is 22.1. The highest BCUT2D eigenvalue weighted by molar-refractivity contribution is 7.14. The number of aromatic nitrogens is 3. The Morgan fingerprint density at radius 2 is 1.75 bits per heavy atom. The van der Waals surface area contributed by atoms with E-state index in [0.29, 0.717) is 42.0 Å². The number of piperidine rings is 2. The molecule has 1 aromatic carbocycles. The Labute approximate surface area is 385 Å². The number of piperazine rings is 1. The van der Waals surface area contributed by atoms with Crippen molar-refractivity contribution in [3.63, 3.8) is 0 Å². The van der Waals surface area contributed by atoms with Crippen LogP contribution in [-0.4, -0.2) is 123 Å². The van der Waals surface area contributed by atoms with E-state index in [9.17, 15) is 24.6 Å². The SMILES string of the molecule is C=CC(=O)Nc1cc(Nc2nc(N3CCCC(N4CCc5c(sc6c5CCCC6)C4=O)C3CO)cn(C)c2=O)ccc1N1CCN(C2CCN(c3ccnc(C(C)(C)O)c3)CC2)C[C@@H]1C. The molecule has 1 aliphatic carbocycles. The van der Waals surface area contributed by atoms with Crippen LogP contribution >= 0.6 is 11.3 Å². The predicted octanol–water partition coefficient (Wildman–Crippen LogP) is 5.42. The van der Waals surface area contributed by atoms with Crippen molar-refractivity contribution in [2.24, 2.45) is 7.05 Å². The molecule has 4 aliphatic heterocycles. The maximum atomic E-state index is 14.1. The Morgan fingerprint density at radius 1 is 0.954 bits per heavy atom. The number of benzene rings is 1. The zero-order chi connectivity index (χ0) is 45.6. The summed E-state index contributed by atoms with van der Waals surface area (Å²) in [4.78, 5) is 63.6. The van der Waals surface area contributed by atoms with Gasteiger partial charge in [0.2, 0.25) is 5.91 Å². The van der Waals surface area contributed by atoms with E-state index in [-0.39, 0.29) is 41.9 Å². The first-order valence-electron chi connectivity index (χ1n) is 23.5. The van der Waals surface area contributed by atoms with Crippen LogP contribution in [0.15, 0.2) is 60.2 Å². The number of carbonyl (C=O) groups excluding carboxylic acids is 2. The largest absolute Gasteiger partial charge is 0.394 e. The van der Waals surface area contributed by atoms with Gasteiger partial charge in [-0.15, -0.1) is 11.3 Å². The minimum absolute atomic E-state index is 0.0761. The van der Waals surface area contributed by atoms with Crippen molar-refractivity contribution in [1.29, 1.82) is 0 Å². The number of nitrogens with zero attached hydrogens (tertiary/aromatic N) is 8. The smallest absolute Gasteiger partial charge is 0.293 e. The lowest BCUT2D eigenvalue weighted by Gasteiger charge is -2.47. The fourth-order valence-electron chi connectivity index (χ4n) is 11.0. The molecular formula is C49H64N10O5S. The molecular weight excluding hydrogens is 841 g/mol. The van der Waals surface area contributed by atoms with Gasteiger partial charge in [0.05, 0.1) is 40.6 Å². The molecule has 16 heteroatoms. The standard InChI is InChI=1S/C49H64N10O5S/c1-6-44(61)52-37-26-32(13-14-38(37)57-25-24-56(28-31(57)2)33-16-21-55(22-17-33)34-15-19-50-42(27-34)49(3,4)64)51-46-48(63)54(5)29-43(53-46)58-20-9-11-39(40(58)30-60)59-23-18-36-35-10-7-8-12-41(35)65-45(36)47(59)62/h6,13-15,19,26-27,29,31,33,39-40,60,64H,1,7-12,16-18,20-25,28,30H2,2-5H3,(H,51,53)(H,52,61)/t31-,39?,40?/m0/s1. The van der Waals surface area contributed by atoms with E-state index < -0.39 is 11.6 Å². The van der Waals surface area contributed by atoms with E-state index >= 15 is 0 Å². The van der Waals surface area contributed by atoms with E-state index in [4.69, 9.17) is 4.98 Å².